The lowest BCUT2D eigenvalue weighted by atomic mass is 10.0. The lowest BCUT2D eigenvalue weighted by molar-refractivity contribution is 0.178. The highest BCUT2D eigenvalue weighted by Gasteiger charge is 2.20. The molecule has 2 atom stereocenters. The summed E-state index contributed by atoms with van der Waals surface area (Å²) in [6.07, 6.45) is -0.134. The molecule has 2 heteroatoms. The molecule has 0 saturated carbocycles. The summed E-state index contributed by atoms with van der Waals surface area (Å²) >= 11 is 0. The molecule has 0 saturated heterocycles. The van der Waals surface area contributed by atoms with E-state index in [1.54, 1.807) is 0 Å². The fraction of sp³-hybridized carbons (Fsp3) is 0.368. The van der Waals surface area contributed by atoms with Gasteiger partial charge in [-0.15, -0.1) is 0 Å². The first-order valence-electron chi connectivity index (χ1n) is 7.56. The van der Waals surface area contributed by atoms with Gasteiger partial charge in [0.05, 0.1) is 0 Å². The van der Waals surface area contributed by atoms with E-state index < -0.39 is 0 Å². The summed E-state index contributed by atoms with van der Waals surface area (Å²) in [4.78, 5) is 0. The summed E-state index contributed by atoms with van der Waals surface area (Å²) in [5.41, 5.74) is 9.73. The van der Waals surface area contributed by atoms with Crippen LogP contribution in [0.3, 0.4) is 0 Å². The van der Waals surface area contributed by atoms with E-state index in [1.165, 1.54) is 11.1 Å². The number of hydrogen-bond donors (Lipinski definition) is 1. The van der Waals surface area contributed by atoms with E-state index in [0.717, 1.165) is 11.3 Å². The number of aryl methyl sites for hydroxylation is 1. The van der Waals surface area contributed by atoms with Gasteiger partial charge < -0.3 is 10.5 Å². The maximum Gasteiger partial charge on any atom is 0.138 e. The van der Waals surface area contributed by atoms with Crippen molar-refractivity contribution in [1.29, 1.82) is 0 Å². The lowest BCUT2D eigenvalue weighted by Gasteiger charge is -2.25. The molecule has 0 radical (unpaired) electrons. The monoisotopic (exact) mass is 283 g/mol. The van der Waals surface area contributed by atoms with Gasteiger partial charge in [0, 0.05) is 6.04 Å². The number of para-hydroxylation sites is 1. The van der Waals surface area contributed by atoms with Crippen molar-refractivity contribution >= 4 is 0 Å². The van der Waals surface area contributed by atoms with Crippen molar-refractivity contribution in [2.45, 2.75) is 45.8 Å². The summed E-state index contributed by atoms with van der Waals surface area (Å²) in [7, 11) is 0. The van der Waals surface area contributed by atoms with Crippen LogP contribution in [0.15, 0.2) is 48.5 Å². The number of nitrogens with two attached hydrogens (primary N) is 1. The molecule has 0 bridgehead atoms. The summed E-state index contributed by atoms with van der Waals surface area (Å²) in [6, 6.07) is 16.5. The second-order valence-electron chi connectivity index (χ2n) is 6.00. The molecule has 0 heterocycles. The van der Waals surface area contributed by atoms with Crippen molar-refractivity contribution in [2.24, 2.45) is 5.73 Å². The van der Waals surface area contributed by atoms with Gasteiger partial charge in [-0.1, -0.05) is 61.9 Å². The highest BCUT2D eigenvalue weighted by atomic mass is 16.5. The van der Waals surface area contributed by atoms with E-state index >= 15 is 0 Å². The van der Waals surface area contributed by atoms with Crippen LogP contribution in [0.25, 0.3) is 0 Å². The van der Waals surface area contributed by atoms with Crippen LogP contribution in [0.4, 0.5) is 0 Å². The number of benzene rings is 2. The minimum absolute atomic E-state index is 0.0760. The van der Waals surface area contributed by atoms with Crippen LogP contribution >= 0.6 is 0 Å². The van der Waals surface area contributed by atoms with Gasteiger partial charge in [0.2, 0.25) is 0 Å². The number of rotatable bonds is 5. The maximum atomic E-state index is 6.27. The number of ether oxygens (including phenoxy) is 1. The van der Waals surface area contributed by atoms with Crippen molar-refractivity contribution in [3.63, 3.8) is 0 Å². The molecule has 0 aliphatic carbocycles. The Morgan fingerprint density at radius 1 is 0.905 bits per heavy atom. The lowest BCUT2D eigenvalue weighted by Crippen LogP contribution is -2.29. The standard InChI is InChI=1S/C19H25NO/c1-13(2)17-7-5-6-8-18(17)21-19(15(4)20)16-11-9-14(3)10-12-16/h5-13,15,19H,20H2,1-4H3. The van der Waals surface area contributed by atoms with Crippen LogP contribution in [-0.2, 0) is 0 Å². The first-order valence-corrected chi connectivity index (χ1v) is 7.56. The third-order valence-corrected chi connectivity index (χ3v) is 3.68. The van der Waals surface area contributed by atoms with Gasteiger partial charge in [0.1, 0.15) is 11.9 Å². The van der Waals surface area contributed by atoms with Crippen molar-refractivity contribution in [3.05, 3.63) is 65.2 Å². The molecule has 2 nitrogen and oxygen atoms in total. The van der Waals surface area contributed by atoms with Crippen molar-refractivity contribution in [2.75, 3.05) is 0 Å². The second kappa shape index (κ2) is 6.77. The molecule has 2 aromatic carbocycles. The van der Waals surface area contributed by atoms with Gasteiger partial charge >= 0.3 is 0 Å². The zero-order valence-corrected chi connectivity index (χ0v) is 13.3. The first kappa shape index (κ1) is 15.6. The minimum Gasteiger partial charge on any atom is -0.484 e. The summed E-state index contributed by atoms with van der Waals surface area (Å²) in [6.45, 7) is 8.42. The molecule has 2 N–H and O–H groups in total. The third-order valence-electron chi connectivity index (χ3n) is 3.68. The van der Waals surface area contributed by atoms with Gasteiger partial charge in [-0.3, -0.25) is 0 Å². The van der Waals surface area contributed by atoms with Gasteiger partial charge in [-0.25, -0.2) is 0 Å². The predicted octanol–water partition coefficient (Wildman–Crippen LogP) is 4.59. The fourth-order valence-corrected chi connectivity index (χ4v) is 2.44. The van der Waals surface area contributed by atoms with Crippen molar-refractivity contribution in [3.8, 4) is 5.75 Å². The van der Waals surface area contributed by atoms with Crippen molar-refractivity contribution in [1.82, 2.24) is 0 Å². The minimum atomic E-state index is -0.134. The molecule has 2 unspecified atom stereocenters. The Morgan fingerprint density at radius 3 is 2.10 bits per heavy atom. The Bertz CT molecular complexity index is 572. The molecule has 112 valence electrons. The maximum absolute atomic E-state index is 6.27. The Hall–Kier alpha value is -1.80. The Labute approximate surface area is 127 Å². The highest BCUT2D eigenvalue weighted by Crippen LogP contribution is 2.31. The summed E-state index contributed by atoms with van der Waals surface area (Å²) in [5, 5.41) is 0. The first-order chi connectivity index (χ1) is 9.99. The van der Waals surface area contributed by atoms with Crippen LogP contribution < -0.4 is 10.5 Å². The Morgan fingerprint density at radius 2 is 1.52 bits per heavy atom. The molecule has 21 heavy (non-hydrogen) atoms. The van der Waals surface area contributed by atoms with E-state index in [4.69, 9.17) is 10.5 Å². The zero-order chi connectivity index (χ0) is 15.4. The Kier molecular flexibility index (Phi) is 5.03. The molecule has 0 spiro atoms. The van der Waals surface area contributed by atoms with E-state index in [2.05, 4.69) is 57.2 Å². The smallest absolute Gasteiger partial charge is 0.138 e. The van der Waals surface area contributed by atoms with E-state index in [1.807, 2.05) is 19.1 Å². The van der Waals surface area contributed by atoms with E-state index in [-0.39, 0.29) is 12.1 Å². The van der Waals surface area contributed by atoms with E-state index in [0.29, 0.717) is 5.92 Å². The van der Waals surface area contributed by atoms with Crippen LogP contribution in [-0.4, -0.2) is 6.04 Å². The molecule has 2 aromatic rings. The average Bonchev–Trinajstić information content (AvgIpc) is 2.46. The average molecular weight is 283 g/mol. The topological polar surface area (TPSA) is 35.2 Å². The SMILES string of the molecule is Cc1ccc(C(Oc2ccccc2C(C)C)C(C)N)cc1. The predicted molar refractivity (Wildman–Crippen MR) is 88.7 cm³/mol. The summed E-state index contributed by atoms with van der Waals surface area (Å²) in [5.74, 6) is 1.35. The van der Waals surface area contributed by atoms with Gasteiger partial charge in [0.25, 0.3) is 0 Å². The largest absolute Gasteiger partial charge is 0.484 e. The molecule has 0 aromatic heterocycles. The van der Waals surface area contributed by atoms with Crippen LogP contribution in [0, 0.1) is 6.92 Å². The summed E-state index contributed by atoms with van der Waals surface area (Å²) < 4.78 is 6.27. The molecular formula is C19H25NO. The quantitative estimate of drug-likeness (QED) is 0.871. The highest BCUT2D eigenvalue weighted by molar-refractivity contribution is 5.36. The van der Waals surface area contributed by atoms with Crippen LogP contribution in [0.1, 0.15) is 49.5 Å². The van der Waals surface area contributed by atoms with Crippen LogP contribution in [0.2, 0.25) is 0 Å². The zero-order valence-electron chi connectivity index (χ0n) is 13.3. The van der Waals surface area contributed by atoms with Gasteiger partial charge in [0.15, 0.2) is 0 Å². The normalized spacial score (nSPS) is 14.0. The molecule has 2 rings (SSSR count). The molecule has 0 amide bonds. The fourth-order valence-electron chi connectivity index (χ4n) is 2.44. The van der Waals surface area contributed by atoms with Crippen LogP contribution in [0.5, 0.6) is 5.75 Å². The molecular weight excluding hydrogens is 258 g/mol. The van der Waals surface area contributed by atoms with E-state index in [9.17, 15) is 0 Å². The Balaban J connectivity index is 2.31. The molecule has 0 aliphatic heterocycles. The third kappa shape index (κ3) is 3.85. The number of hydrogen-bond acceptors (Lipinski definition) is 2. The van der Waals surface area contributed by atoms with Gasteiger partial charge in [-0.2, -0.15) is 0 Å². The molecule has 0 fully saturated rings. The van der Waals surface area contributed by atoms with Gasteiger partial charge in [-0.05, 0) is 37.0 Å². The van der Waals surface area contributed by atoms with Crippen molar-refractivity contribution < 1.29 is 4.74 Å². The second-order valence-corrected chi connectivity index (χ2v) is 6.00. The molecule has 0 aliphatic rings.